The van der Waals surface area contributed by atoms with Crippen molar-refractivity contribution in [3.05, 3.63) is 52.5 Å². The Labute approximate surface area is 168 Å². The molecule has 2 aromatic carbocycles. The van der Waals surface area contributed by atoms with Gasteiger partial charge in [0.15, 0.2) is 5.13 Å². The van der Waals surface area contributed by atoms with Crippen molar-refractivity contribution in [2.24, 2.45) is 0 Å². The first-order valence-electron chi connectivity index (χ1n) is 8.71. The van der Waals surface area contributed by atoms with Crippen LogP contribution in [-0.2, 0) is 0 Å². The lowest BCUT2D eigenvalue weighted by atomic mass is 10.1. The van der Waals surface area contributed by atoms with Gasteiger partial charge in [0.05, 0.1) is 44.0 Å². The second kappa shape index (κ2) is 8.25. The van der Waals surface area contributed by atoms with Crippen LogP contribution in [0.25, 0.3) is 10.2 Å². The van der Waals surface area contributed by atoms with E-state index < -0.39 is 0 Å². The van der Waals surface area contributed by atoms with E-state index in [1.807, 2.05) is 31.2 Å². The van der Waals surface area contributed by atoms with Crippen molar-refractivity contribution in [1.29, 1.82) is 0 Å². The molecule has 0 aliphatic carbocycles. The van der Waals surface area contributed by atoms with Gasteiger partial charge in [0.1, 0.15) is 11.3 Å². The topological polar surface area (TPSA) is 46.9 Å². The van der Waals surface area contributed by atoms with Gasteiger partial charge in [0.2, 0.25) is 0 Å². The summed E-state index contributed by atoms with van der Waals surface area (Å²) in [6.45, 7) is 3.35. The van der Waals surface area contributed by atoms with Gasteiger partial charge in [-0.3, -0.25) is 9.69 Å². The Bertz CT molecular complexity index is 971. The molecule has 0 radical (unpaired) electrons. The number of fused-ring (bicyclic) bond motifs is 1. The van der Waals surface area contributed by atoms with E-state index in [1.54, 1.807) is 24.1 Å². The summed E-state index contributed by atoms with van der Waals surface area (Å²) in [5.41, 5.74) is 2.39. The van der Waals surface area contributed by atoms with E-state index in [1.165, 1.54) is 16.2 Å². The molecule has 0 aliphatic heterocycles. The third kappa shape index (κ3) is 4.24. The van der Waals surface area contributed by atoms with E-state index >= 15 is 0 Å². The molecular formula is C20H23ClN3O2S+. The number of likely N-dealkylation sites (N-methyl/N-ethyl adjacent to an activating group) is 1. The first kappa shape index (κ1) is 19.6. The van der Waals surface area contributed by atoms with Gasteiger partial charge in [-0.05, 0) is 31.2 Å². The summed E-state index contributed by atoms with van der Waals surface area (Å²) in [6.07, 6.45) is 0. The van der Waals surface area contributed by atoms with Gasteiger partial charge in [-0.1, -0.05) is 40.6 Å². The zero-order valence-electron chi connectivity index (χ0n) is 15.9. The quantitative estimate of drug-likeness (QED) is 0.686. The zero-order chi connectivity index (χ0) is 19.6. The van der Waals surface area contributed by atoms with Gasteiger partial charge >= 0.3 is 0 Å². The molecule has 0 fully saturated rings. The van der Waals surface area contributed by atoms with Gasteiger partial charge in [-0.15, -0.1) is 0 Å². The molecule has 1 heterocycles. The lowest BCUT2D eigenvalue weighted by Gasteiger charge is -2.21. The van der Waals surface area contributed by atoms with Crippen molar-refractivity contribution < 1.29 is 14.4 Å². The highest BCUT2D eigenvalue weighted by atomic mass is 35.5. The number of nitrogens with zero attached hydrogens (tertiary/aromatic N) is 2. The van der Waals surface area contributed by atoms with Crippen molar-refractivity contribution in [2.75, 3.05) is 39.2 Å². The third-order valence-electron chi connectivity index (χ3n) is 4.24. The van der Waals surface area contributed by atoms with Gasteiger partial charge in [0, 0.05) is 5.56 Å². The first-order valence-corrected chi connectivity index (χ1v) is 9.90. The Balaban J connectivity index is 2.06. The number of hydrogen-bond acceptors (Lipinski definition) is 4. The number of thiazole rings is 1. The van der Waals surface area contributed by atoms with E-state index in [-0.39, 0.29) is 5.91 Å². The smallest absolute Gasteiger partial charge is 0.260 e. The molecule has 27 heavy (non-hydrogen) atoms. The lowest BCUT2D eigenvalue weighted by Crippen LogP contribution is -3.06. The van der Waals surface area contributed by atoms with Crippen molar-refractivity contribution in [2.45, 2.75) is 6.92 Å². The molecule has 3 aromatic rings. The standard InChI is InChI=1S/C20H22ClN3O2S/c1-13-6-5-7-14(12-13)19(25)24(11-10-23(2)3)20-22-17-16(26-4)9-8-15(21)18(17)27-20/h5-9,12H,10-11H2,1-4H3/p+1. The van der Waals surface area contributed by atoms with Crippen LogP contribution in [0, 0.1) is 6.92 Å². The molecule has 0 saturated carbocycles. The number of nitrogens with one attached hydrogen (secondary N) is 1. The average molecular weight is 405 g/mol. The Hall–Kier alpha value is -2.15. The Kier molecular flexibility index (Phi) is 5.99. The van der Waals surface area contributed by atoms with Crippen molar-refractivity contribution in [3.63, 3.8) is 0 Å². The van der Waals surface area contributed by atoms with E-state index in [4.69, 9.17) is 21.3 Å². The SMILES string of the molecule is COc1ccc(Cl)c2sc(N(CC[NH+](C)C)C(=O)c3cccc(C)c3)nc12. The molecule has 0 spiro atoms. The minimum atomic E-state index is -0.0610. The van der Waals surface area contributed by atoms with E-state index in [0.29, 0.717) is 33.5 Å². The number of aromatic nitrogens is 1. The molecule has 1 amide bonds. The first-order chi connectivity index (χ1) is 12.9. The zero-order valence-corrected chi connectivity index (χ0v) is 17.4. The fourth-order valence-corrected chi connectivity index (χ4v) is 4.06. The minimum absolute atomic E-state index is 0.0610. The highest BCUT2D eigenvalue weighted by Gasteiger charge is 2.24. The Morgan fingerprint density at radius 1 is 1.30 bits per heavy atom. The number of halogens is 1. The maximum absolute atomic E-state index is 13.2. The molecule has 0 bridgehead atoms. The largest absolute Gasteiger partial charge is 0.494 e. The summed E-state index contributed by atoms with van der Waals surface area (Å²) in [5.74, 6) is 0.590. The molecule has 0 unspecified atom stereocenters. The average Bonchev–Trinajstić information content (AvgIpc) is 3.08. The molecule has 1 aromatic heterocycles. The number of aryl methyl sites for hydroxylation is 1. The third-order valence-corrected chi connectivity index (χ3v) is 5.78. The molecular weight excluding hydrogens is 382 g/mol. The molecule has 7 heteroatoms. The minimum Gasteiger partial charge on any atom is -0.494 e. The van der Waals surface area contributed by atoms with E-state index in [9.17, 15) is 4.79 Å². The van der Waals surface area contributed by atoms with Crippen LogP contribution < -0.4 is 14.5 Å². The number of rotatable bonds is 6. The summed E-state index contributed by atoms with van der Waals surface area (Å²) in [7, 11) is 5.73. The van der Waals surface area contributed by atoms with Crippen molar-refractivity contribution in [3.8, 4) is 5.75 Å². The number of amides is 1. The Morgan fingerprint density at radius 2 is 2.07 bits per heavy atom. The number of carbonyl (C=O) groups excluding carboxylic acids is 1. The molecule has 0 saturated heterocycles. The van der Waals surface area contributed by atoms with E-state index in [2.05, 4.69) is 14.1 Å². The van der Waals surface area contributed by atoms with Crippen molar-refractivity contribution in [1.82, 2.24) is 4.98 Å². The number of ether oxygens (including phenoxy) is 1. The maximum Gasteiger partial charge on any atom is 0.260 e. The molecule has 0 aliphatic rings. The highest BCUT2D eigenvalue weighted by Crippen LogP contribution is 2.38. The molecule has 1 N–H and O–H groups in total. The second-order valence-corrected chi connectivity index (χ2v) is 8.09. The molecule has 142 valence electrons. The monoisotopic (exact) mass is 404 g/mol. The van der Waals surface area contributed by atoms with Crippen molar-refractivity contribution >= 4 is 44.2 Å². The molecule has 0 atom stereocenters. The Morgan fingerprint density at radius 3 is 2.74 bits per heavy atom. The van der Waals surface area contributed by atoms with Crippen LogP contribution >= 0.6 is 22.9 Å². The van der Waals surface area contributed by atoms with Gasteiger partial charge in [-0.25, -0.2) is 4.98 Å². The highest BCUT2D eigenvalue weighted by molar-refractivity contribution is 7.23. The van der Waals surface area contributed by atoms with Crippen LogP contribution in [0.5, 0.6) is 5.75 Å². The maximum atomic E-state index is 13.2. The van der Waals surface area contributed by atoms with Gasteiger partial charge in [-0.2, -0.15) is 0 Å². The van der Waals surface area contributed by atoms with Crippen LogP contribution in [0.1, 0.15) is 15.9 Å². The fourth-order valence-electron chi connectivity index (χ4n) is 2.77. The number of hydrogen-bond donors (Lipinski definition) is 1. The van der Waals surface area contributed by atoms with Crippen LogP contribution in [0.3, 0.4) is 0 Å². The van der Waals surface area contributed by atoms with Crippen LogP contribution in [0.15, 0.2) is 36.4 Å². The van der Waals surface area contributed by atoms with Gasteiger partial charge < -0.3 is 9.64 Å². The summed E-state index contributed by atoms with van der Waals surface area (Å²) < 4.78 is 6.24. The van der Waals surface area contributed by atoms with Crippen LogP contribution in [0.2, 0.25) is 5.02 Å². The normalized spacial score (nSPS) is 11.2. The lowest BCUT2D eigenvalue weighted by molar-refractivity contribution is -0.856. The predicted octanol–water partition coefficient (Wildman–Crippen LogP) is 3.06. The summed E-state index contributed by atoms with van der Waals surface area (Å²) in [6, 6.07) is 11.2. The second-order valence-electron chi connectivity index (χ2n) is 6.71. The summed E-state index contributed by atoms with van der Waals surface area (Å²) in [4.78, 5) is 20.9. The predicted molar refractivity (Wildman–Crippen MR) is 112 cm³/mol. The molecule has 3 rings (SSSR count). The number of anilines is 1. The number of methoxy groups -OCH3 is 1. The molecule has 5 nitrogen and oxygen atoms in total. The number of carbonyl (C=O) groups is 1. The van der Waals surface area contributed by atoms with Crippen LogP contribution in [-0.4, -0.2) is 45.2 Å². The summed E-state index contributed by atoms with van der Waals surface area (Å²) in [5, 5.41) is 1.24. The number of quaternary nitrogens is 1. The van der Waals surface area contributed by atoms with Crippen LogP contribution in [0.4, 0.5) is 5.13 Å². The van der Waals surface area contributed by atoms with E-state index in [0.717, 1.165) is 16.8 Å². The fraction of sp³-hybridized carbons (Fsp3) is 0.300. The number of benzene rings is 2. The summed E-state index contributed by atoms with van der Waals surface area (Å²) >= 11 is 7.77. The van der Waals surface area contributed by atoms with Gasteiger partial charge in [0.25, 0.3) is 5.91 Å².